The fourth-order valence-corrected chi connectivity index (χ4v) is 7.36. The predicted molar refractivity (Wildman–Crippen MR) is 139 cm³/mol. The van der Waals surface area contributed by atoms with Gasteiger partial charge in [-0.1, -0.05) is 122 Å². The Morgan fingerprint density at radius 2 is 1.31 bits per heavy atom. The van der Waals surface area contributed by atoms with Gasteiger partial charge in [0.1, 0.15) is 5.78 Å². The molecule has 2 N–H and O–H groups in total. The van der Waals surface area contributed by atoms with Gasteiger partial charge >= 0.3 is 0 Å². The Bertz CT molecular complexity index is 941. The zero-order valence-electron chi connectivity index (χ0n) is 19.5. The number of ketones is 1. The maximum atomic E-state index is 13.3. The van der Waals surface area contributed by atoms with E-state index in [1.807, 2.05) is 48.5 Å². The third-order valence-corrected chi connectivity index (χ3v) is 9.37. The summed E-state index contributed by atoms with van der Waals surface area (Å²) in [7, 11) is -1.32. The van der Waals surface area contributed by atoms with Crippen LogP contribution in [0.25, 0.3) is 0 Å². The minimum absolute atomic E-state index is 0.212. The number of hydrogen-bond donors (Lipinski definition) is 1. The lowest BCUT2D eigenvalue weighted by molar-refractivity contribution is -0.121. The van der Waals surface area contributed by atoms with Crippen molar-refractivity contribution >= 4 is 13.9 Å². The van der Waals surface area contributed by atoms with Crippen LogP contribution in [0, 0.1) is 0 Å². The number of Topliss-reactive ketones (excluding diaryl/α,β-unsaturated/α-hetero) is 1. The van der Waals surface area contributed by atoms with E-state index in [-0.39, 0.29) is 17.7 Å². The quantitative estimate of drug-likeness (QED) is 0.254. The van der Waals surface area contributed by atoms with Crippen molar-refractivity contribution in [3.8, 4) is 0 Å². The van der Waals surface area contributed by atoms with E-state index in [1.54, 1.807) is 0 Å². The van der Waals surface area contributed by atoms with Crippen LogP contribution in [-0.2, 0) is 17.3 Å². The molecule has 2 nitrogen and oxygen atoms in total. The van der Waals surface area contributed by atoms with E-state index >= 15 is 0 Å². The van der Waals surface area contributed by atoms with Crippen LogP contribution in [0.15, 0.2) is 91.0 Å². The molecule has 0 bridgehead atoms. The molecule has 2 unspecified atom stereocenters. The van der Waals surface area contributed by atoms with E-state index in [9.17, 15) is 4.79 Å². The Hall–Kier alpha value is -2.49. The summed E-state index contributed by atoms with van der Waals surface area (Å²) in [4.78, 5) is 13.3. The molecule has 0 fully saturated rings. The van der Waals surface area contributed by atoms with Gasteiger partial charge in [0, 0.05) is 12.5 Å². The first-order valence-electron chi connectivity index (χ1n) is 11.9. The van der Waals surface area contributed by atoms with E-state index in [0.29, 0.717) is 12.8 Å². The smallest absolute Gasteiger partial charge is 0.141 e. The van der Waals surface area contributed by atoms with Gasteiger partial charge in [0.05, 0.1) is 14.0 Å². The molecule has 0 radical (unpaired) electrons. The first kappa shape index (κ1) is 24.2. The maximum Gasteiger partial charge on any atom is 0.141 e. The number of unbranched alkanes of at least 4 members (excludes halogenated alkanes) is 1. The van der Waals surface area contributed by atoms with E-state index in [0.717, 1.165) is 18.4 Å². The molecular weight excluding hydrogens is 406 g/mol. The van der Waals surface area contributed by atoms with Crippen LogP contribution in [0.5, 0.6) is 0 Å². The van der Waals surface area contributed by atoms with Crippen molar-refractivity contribution < 1.29 is 4.79 Å². The minimum Gasteiger partial charge on any atom is -0.326 e. The summed E-state index contributed by atoms with van der Waals surface area (Å²) in [5.74, 6) is 0.0353. The molecule has 0 heterocycles. The van der Waals surface area contributed by atoms with Crippen LogP contribution in [-0.4, -0.2) is 19.9 Å². The Balaban J connectivity index is 1.56. The molecule has 0 saturated carbocycles. The standard InChI is InChI=1S/C29H37NOSi/c1-32(2,23-25-16-8-4-9-17-25)21-13-12-20-28(31)29(26-18-10-5-11-19-26)27(30)22-24-14-6-3-7-15-24/h3-11,14-19,27,29H,12-13,20-23,30H2,1-2H3. The number of rotatable bonds is 12. The van der Waals surface area contributed by atoms with Crippen LogP contribution in [0.1, 0.15) is 41.9 Å². The molecule has 0 saturated heterocycles. The van der Waals surface area contributed by atoms with Crippen molar-refractivity contribution in [1.82, 2.24) is 0 Å². The SMILES string of the molecule is C[Si](C)(CCCCC(=O)C(c1ccccc1)C(N)Cc1ccccc1)Cc1ccccc1. The number of hydrogen-bond acceptors (Lipinski definition) is 2. The van der Waals surface area contributed by atoms with Crippen molar-refractivity contribution in [3.05, 3.63) is 108 Å². The van der Waals surface area contributed by atoms with Crippen LogP contribution >= 0.6 is 0 Å². The molecule has 32 heavy (non-hydrogen) atoms. The van der Waals surface area contributed by atoms with Crippen LogP contribution in [0.4, 0.5) is 0 Å². The van der Waals surface area contributed by atoms with Gasteiger partial charge in [-0.3, -0.25) is 4.79 Å². The molecule has 0 aliphatic heterocycles. The van der Waals surface area contributed by atoms with Gasteiger partial charge in [-0.25, -0.2) is 0 Å². The molecule has 0 amide bonds. The van der Waals surface area contributed by atoms with Crippen LogP contribution in [0.3, 0.4) is 0 Å². The molecule has 3 rings (SSSR count). The second kappa shape index (κ2) is 11.9. The fourth-order valence-electron chi connectivity index (χ4n) is 4.63. The predicted octanol–water partition coefficient (Wildman–Crippen LogP) is 6.57. The summed E-state index contributed by atoms with van der Waals surface area (Å²) in [5.41, 5.74) is 10.3. The van der Waals surface area contributed by atoms with Gasteiger partial charge in [0.25, 0.3) is 0 Å². The summed E-state index contributed by atoms with van der Waals surface area (Å²) in [5, 5.41) is 0. The highest BCUT2D eigenvalue weighted by Gasteiger charge is 2.27. The lowest BCUT2D eigenvalue weighted by atomic mass is 9.83. The topological polar surface area (TPSA) is 43.1 Å². The summed E-state index contributed by atoms with van der Waals surface area (Å²) in [6, 6.07) is 33.4. The van der Waals surface area contributed by atoms with Crippen molar-refractivity contribution in [2.45, 2.75) is 62.8 Å². The van der Waals surface area contributed by atoms with E-state index in [4.69, 9.17) is 5.73 Å². The summed E-state index contributed by atoms with van der Waals surface area (Å²) in [6.45, 7) is 4.93. The zero-order valence-corrected chi connectivity index (χ0v) is 20.5. The average molecular weight is 444 g/mol. The van der Waals surface area contributed by atoms with Crippen LogP contribution < -0.4 is 5.73 Å². The average Bonchev–Trinajstić information content (AvgIpc) is 2.79. The van der Waals surface area contributed by atoms with Gasteiger partial charge in [0.15, 0.2) is 0 Å². The number of carbonyl (C=O) groups is 1. The first-order chi connectivity index (χ1) is 15.4. The van der Waals surface area contributed by atoms with E-state index in [2.05, 4.69) is 55.6 Å². The highest BCUT2D eigenvalue weighted by atomic mass is 28.3. The molecule has 3 heteroatoms. The lowest BCUT2D eigenvalue weighted by Crippen LogP contribution is -2.35. The highest BCUT2D eigenvalue weighted by Crippen LogP contribution is 2.26. The Morgan fingerprint density at radius 3 is 1.91 bits per heavy atom. The van der Waals surface area contributed by atoms with Crippen LogP contribution in [0.2, 0.25) is 19.1 Å². The second-order valence-corrected chi connectivity index (χ2v) is 14.9. The van der Waals surface area contributed by atoms with Gasteiger partial charge < -0.3 is 5.73 Å². The maximum absolute atomic E-state index is 13.3. The molecule has 0 spiro atoms. The normalized spacial score (nSPS) is 13.5. The Labute approximate surface area is 194 Å². The molecule has 3 aromatic rings. The Morgan fingerprint density at radius 1 is 0.781 bits per heavy atom. The molecule has 3 aromatic carbocycles. The summed E-state index contributed by atoms with van der Waals surface area (Å²) in [6.07, 6.45) is 3.39. The largest absolute Gasteiger partial charge is 0.326 e. The molecule has 0 aromatic heterocycles. The fraction of sp³-hybridized carbons (Fsp3) is 0.345. The molecule has 2 atom stereocenters. The Kier molecular flexibility index (Phi) is 9.01. The molecule has 0 aliphatic carbocycles. The number of benzene rings is 3. The highest BCUT2D eigenvalue weighted by molar-refractivity contribution is 6.76. The summed E-state index contributed by atoms with van der Waals surface area (Å²) >= 11 is 0. The second-order valence-electron chi connectivity index (χ2n) is 9.74. The third kappa shape index (κ3) is 7.58. The van der Waals surface area contributed by atoms with Crippen molar-refractivity contribution in [3.63, 3.8) is 0 Å². The van der Waals surface area contributed by atoms with Gasteiger partial charge in [0.2, 0.25) is 0 Å². The van der Waals surface area contributed by atoms with Gasteiger partial charge in [-0.2, -0.15) is 0 Å². The summed E-state index contributed by atoms with van der Waals surface area (Å²) < 4.78 is 0. The van der Waals surface area contributed by atoms with E-state index in [1.165, 1.54) is 23.2 Å². The van der Waals surface area contributed by atoms with Crippen molar-refractivity contribution in [1.29, 1.82) is 0 Å². The zero-order chi connectivity index (χ0) is 22.8. The van der Waals surface area contributed by atoms with Crippen molar-refractivity contribution in [2.24, 2.45) is 5.73 Å². The third-order valence-electron chi connectivity index (χ3n) is 6.30. The van der Waals surface area contributed by atoms with E-state index < -0.39 is 8.07 Å². The van der Waals surface area contributed by atoms with Gasteiger partial charge in [-0.05, 0) is 30.0 Å². The molecule has 168 valence electrons. The number of carbonyl (C=O) groups excluding carboxylic acids is 1. The number of nitrogens with two attached hydrogens (primary N) is 1. The molecular formula is C29H37NOSi. The van der Waals surface area contributed by atoms with Gasteiger partial charge in [-0.15, -0.1) is 0 Å². The van der Waals surface area contributed by atoms with Crippen molar-refractivity contribution in [2.75, 3.05) is 0 Å². The lowest BCUT2D eigenvalue weighted by Gasteiger charge is -2.25. The molecule has 0 aliphatic rings. The minimum atomic E-state index is -1.32. The monoisotopic (exact) mass is 443 g/mol. The first-order valence-corrected chi connectivity index (χ1v) is 15.3.